The summed E-state index contributed by atoms with van der Waals surface area (Å²) in [5.41, 5.74) is 0.747. The Morgan fingerprint density at radius 1 is 1.29 bits per heavy atom. The van der Waals surface area contributed by atoms with E-state index in [9.17, 15) is 4.39 Å². The quantitative estimate of drug-likeness (QED) is 0.787. The molecule has 5 heteroatoms. The number of hydrogen-bond acceptors (Lipinski definition) is 3. The molecule has 88 valence electrons. The Labute approximate surface area is 103 Å². The molecule has 2 rings (SSSR count). The molecule has 0 aliphatic rings. The summed E-state index contributed by atoms with van der Waals surface area (Å²) in [5, 5.41) is 0.352. The van der Waals surface area contributed by atoms with Gasteiger partial charge in [-0.3, -0.25) is 0 Å². The minimum atomic E-state index is -0.411. The zero-order valence-corrected chi connectivity index (χ0v) is 9.91. The summed E-state index contributed by atoms with van der Waals surface area (Å²) in [6.45, 7) is 1.89. The summed E-state index contributed by atoms with van der Waals surface area (Å²) in [6.07, 6.45) is 0. The first-order chi connectivity index (χ1) is 8.15. The van der Waals surface area contributed by atoms with Crippen molar-refractivity contribution in [2.45, 2.75) is 13.5 Å². The molecule has 0 spiro atoms. The number of hydrogen-bond donors (Lipinski definition) is 0. The summed E-state index contributed by atoms with van der Waals surface area (Å²) in [4.78, 5) is 8.12. The number of aryl methyl sites for hydroxylation is 1. The van der Waals surface area contributed by atoms with Crippen LogP contribution >= 0.6 is 11.6 Å². The average Bonchev–Trinajstić information content (AvgIpc) is 2.27. The highest BCUT2D eigenvalue weighted by molar-refractivity contribution is 6.29. The Kier molecular flexibility index (Phi) is 3.54. The fourth-order valence-electron chi connectivity index (χ4n) is 1.36. The van der Waals surface area contributed by atoms with Crippen molar-refractivity contribution in [2.24, 2.45) is 0 Å². The van der Waals surface area contributed by atoms with E-state index in [0.29, 0.717) is 11.0 Å². The third-order valence-corrected chi connectivity index (χ3v) is 2.26. The second kappa shape index (κ2) is 5.10. The van der Waals surface area contributed by atoms with Crippen LogP contribution in [0.15, 0.2) is 30.3 Å². The third kappa shape index (κ3) is 3.14. The molecule has 1 aromatic heterocycles. The molecule has 0 atom stereocenters. The number of benzene rings is 1. The Morgan fingerprint density at radius 2 is 2.06 bits per heavy atom. The van der Waals surface area contributed by atoms with Gasteiger partial charge in [-0.25, -0.2) is 14.4 Å². The molecule has 1 aromatic carbocycles. The normalized spacial score (nSPS) is 10.3. The molecule has 0 unspecified atom stereocenters. The molecule has 1 heterocycles. The van der Waals surface area contributed by atoms with E-state index in [2.05, 4.69) is 9.97 Å². The van der Waals surface area contributed by atoms with Gasteiger partial charge in [-0.15, -0.1) is 0 Å². The molecule has 0 amide bonds. The molecule has 17 heavy (non-hydrogen) atoms. The van der Waals surface area contributed by atoms with Crippen LogP contribution in [0.5, 0.6) is 5.75 Å². The summed E-state index contributed by atoms with van der Waals surface area (Å²) in [6, 6.07) is 7.82. The van der Waals surface area contributed by atoms with E-state index in [1.165, 1.54) is 6.07 Å². The smallest absolute Gasteiger partial charge is 0.167 e. The van der Waals surface area contributed by atoms with E-state index >= 15 is 0 Å². The second-order valence-electron chi connectivity index (χ2n) is 3.47. The van der Waals surface area contributed by atoms with E-state index in [1.807, 2.05) is 0 Å². The maximum atomic E-state index is 13.3. The van der Waals surface area contributed by atoms with Gasteiger partial charge >= 0.3 is 0 Å². The molecule has 0 N–H and O–H groups in total. The first-order valence-electron chi connectivity index (χ1n) is 5.02. The minimum absolute atomic E-state index is 0.0856. The highest BCUT2D eigenvalue weighted by Gasteiger charge is 2.05. The molecular formula is C12H10ClFN2O. The maximum absolute atomic E-state index is 13.3. The Hall–Kier alpha value is -1.68. The van der Waals surface area contributed by atoms with Crippen molar-refractivity contribution in [1.82, 2.24) is 9.97 Å². The SMILES string of the molecule is Cc1cc(Cl)nc(COc2ccccc2F)n1. The van der Waals surface area contributed by atoms with Crippen molar-refractivity contribution in [3.05, 3.63) is 52.8 Å². The largest absolute Gasteiger partial charge is 0.483 e. The second-order valence-corrected chi connectivity index (χ2v) is 3.85. The van der Waals surface area contributed by atoms with Gasteiger partial charge < -0.3 is 4.74 Å². The fraction of sp³-hybridized carbons (Fsp3) is 0.167. The summed E-state index contributed by atoms with van der Waals surface area (Å²) >= 11 is 5.78. The molecule has 2 aromatic rings. The number of ether oxygens (including phenoxy) is 1. The number of rotatable bonds is 3. The lowest BCUT2D eigenvalue weighted by atomic mass is 10.3. The lowest BCUT2D eigenvalue weighted by Gasteiger charge is -2.06. The molecule has 0 saturated heterocycles. The van der Waals surface area contributed by atoms with E-state index < -0.39 is 5.82 Å². The van der Waals surface area contributed by atoms with E-state index in [1.54, 1.807) is 31.2 Å². The third-order valence-electron chi connectivity index (χ3n) is 2.06. The van der Waals surface area contributed by atoms with Crippen LogP contribution in [0.3, 0.4) is 0 Å². The van der Waals surface area contributed by atoms with Crippen LogP contribution in [-0.4, -0.2) is 9.97 Å². The molecule has 0 radical (unpaired) electrons. The van der Waals surface area contributed by atoms with E-state index in [-0.39, 0.29) is 12.4 Å². The molecule has 0 aliphatic carbocycles. The molecular weight excluding hydrogens is 243 g/mol. The highest BCUT2D eigenvalue weighted by atomic mass is 35.5. The van der Waals surface area contributed by atoms with Gasteiger partial charge in [0.1, 0.15) is 11.8 Å². The summed E-state index contributed by atoms with van der Waals surface area (Å²) in [5.74, 6) is 0.193. The van der Waals surface area contributed by atoms with Crippen LogP contribution in [0.25, 0.3) is 0 Å². The summed E-state index contributed by atoms with van der Waals surface area (Å²) in [7, 11) is 0. The standard InChI is InChI=1S/C12H10ClFN2O/c1-8-6-11(13)16-12(15-8)7-17-10-5-3-2-4-9(10)14/h2-6H,7H2,1H3. The number of nitrogens with zero attached hydrogens (tertiary/aromatic N) is 2. The predicted octanol–water partition coefficient (Wildman–Crippen LogP) is 3.16. The van der Waals surface area contributed by atoms with Crippen molar-refractivity contribution in [3.8, 4) is 5.75 Å². The lowest BCUT2D eigenvalue weighted by molar-refractivity contribution is 0.280. The van der Waals surface area contributed by atoms with Crippen molar-refractivity contribution in [1.29, 1.82) is 0 Å². The monoisotopic (exact) mass is 252 g/mol. The topological polar surface area (TPSA) is 35.0 Å². The number of aromatic nitrogens is 2. The minimum Gasteiger partial charge on any atom is -0.483 e. The first kappa shape index (κ1) is 11.8. The van der Waals surface area contributed by atoms with Crippen molar-refractivity contribution < 1.29 is 9.13 Å². The van der Waals surface area contributed by atoms with Crippen LogP contribution in [0.1, 0.15) is 11.5 Å². The van der Waals surface area contributed by atoms with Crippen molar-refractivity contribution in [2.75, 3.05) is 0 Å². The lowest BCUT2D eigenvalue weighted by Crippen LogP contribution is -2.03. The van der Waals surface area contributed by atoms with Crippen molar-refractivity contribution >= 4 is 11.6 Å². The Bertz CT molecular complexity index is 513. The molecule has 0 fully saturated rings. The van der Waals surface area contributed by atoms with E-state index in [4.69, 9.17) is 16.3 Å². The van der Waals surface area contributed by atoms with E-state index in [0.717, 1.165) is 5.69 Å². The molecule has 0 saturated carbocycles. The van der Waals surface area contributed by atoms with Crippen molar-refractivity contribution in [3.63, 3.8) is 0 Å². The van der Waals surface area contributed by atoms with Gasteiger partial charge in [-0.1, -0.05) is 23.7 Å². The van der Waals surface area contributed by atoms with Gasteiger partial charge in [0.05, 0.1) is 0 Å². The van der Waals surface area contributed by atoms with Gasteiger partial charge in [0.15, 0.2) is 17.4 Å². The van der Waals surface area contributed by atoms with Gasteiger partial charge in [0.25, 0.3) is 0 Å². The zero-order chi connectivity index (χ0) is 12.3. The van der Waals surface area contributed by atoms with Gasteiger partial charge in [0, 0.05) is 5.69 Å². The van der Waals surface area contributed by atoms with Crippen LogP contribution in [0, 0.1) is 12.7 Å². The van der Waals surface area contributed by atoms with Gasteiger partial charge in [-0.2, -0.15) is 0 Å². The molecule has 0 aliphatic heterocycles. The fourth-order valence-corrected chi connectivity index (χ4v) is 1.61. The molecule has 3 nitrogen and oxygen atoms in total. The number of para-hydroxylation sites is 1. The highest BCUT2D eigenvalue weighted by Crippen LogP contribution is 2.16. The van der Waals surface area contributed by atoms with Crippen LogP contribution < -0.4 is 4.74 Å². The molecule has 0 bridgehead atoms. The number of halogens is 2. The maximum Gasteiger partial charge on any atom is 0.167 e. The summed E-state index contributed by atoms with van der Waals surface area (Å²) < 4.78 is 18.5. The van der Waals surface area contributed by atoms with Gasteiger partial charge in [0.2, 0.25) is 0 Å². The predicted molar refractivity (Wildman–Crippen MR) is 62.5 cm³/mol. The Balaban J connectivity index is 2.10. The zero-order valence-electron chi connectivity index (χ0n) is 9.15. The van der Waals surface area contributed by atoms with Gasteiger partial charge in [-0.05, 0) is 25.1 Å². The average molecular weight is 253 g/mol. The van der Waals surface area contributed by atoms with Crippen LogP contribution in [-0.2, 0) is 6.61 Å². The van der Waals surface area contributed by atoms with Crippen LogP contribution in [0.4, 0.5) is 4.39 Å². The Morgan fingerprint density at radius 3 is 2.76 bits per heavy atom. The first-order valence-corrected chi connectivity index (χ1v) is 5.40. The van der Waals surface area contributed by atoms with Crippen LogP contribution in [0.2, 0.25) is 5.15 Å².